The fraction of sp³-hybridized carbons (Fsp3) is 0.222. The van der Waals surface area contributed by atoms with Crippen LogP contribution in [0.15, 0.2) is 69.6 Å². The van der Waals surface area contributed by atoms with Gasteiger partial charge in [-0.3, -0.25) is 14.2 Å². The number of thiazole rings is 1. The second-order valence-electron chi connectivity index (χ2n) is 8.08. The minimum atomic E-state index is -0.787. The number of rotatable bonds is 6. The first-order valence-electron chi connectivity index (χ1n) is 11.4. The third-order valence-corrected chi connectivity index (χ3v) is 6.59. The van der Waals surface area contributed by atoms with Gasteiger partial charge < -0.3 is 14.2 Å². The Morgan fingerprint density at radius 3 is 2.32 bits per heavy atom. The molecule has 0 amide bonds. The van der Waals surface area contributed by atoms with Crippen LogP contribution in [0.4, 0.5) is 0 Å². The van der Waals surface area contributed by atoms with Crippen molar-refractivity contribution >= 4 is 35.3 Å². The number of aromatic nitrogens is 1. The molecular weight excluding hydrogens is 496 g/mol. The molecule has 0 radical (unpaired) electrons. The van der Waals surface area contributed by atoms with E-state index in [0.717, 1.165) is 0 Å². The summed E-state index contributed by atoms with van der Waals surface area (Å²) in [6, 6.07) is 12.5. The van der Waals surface area contributed by atoms with Crippen LogP contribution in [0.3, 0.4) is 0 Å². The van der Waals surface area contributed by atoms with E-state index in [4.69, 9.17) is 14.2 Å². The molecule has 37 heavy (non-hydrogen) atoms. The summed E-state index contributed by atoms with van der Waals surface area (Å²) in [6.45, 7) is 4.88. The standard InChI is InChI=1S/C27H24N2O7S/c1-5-35-26(33)22-15(2)28-27-29(23(22)18-10-12-20(13-11-18)36-16(3)30)24(31)21(37-27)14-17-6-8-19(9-7-17)25(32)34-4/h6-14,23H,5H2,1-4H3/b21-14-/t23-/m0/s1. The van der Waals surface area contributed by atoms with Crippen molar-refractivity contribution < 1.29 is 28.6 Å². The summed E-state index contributed by atoms with van der Waals surface area (Å²) in [5, 5.41) is 0. The monoisotopic (exact) mass is 520 g/mol. The number of hydrogen-bond donors (Lipinski definition) is 0. The summed E-state index contributed by atoms with van der Waals surface area (Å²) in [4.78, 5) is 54.6. The molecule has 0 N–H and O–H groups in total. The number of fused-ring (bicyclic) bond motifs is 1. The number of esters is 3. The summed E-state index contributed by atoms with van der Waals surface area (Å²) in [5.74, 6) is -1.13. The van der Waals surface area contributed by atoms with Crippen molar-refractivity contribution in [2.75, 3.05) is 13.7 Å². The molecule has 2 aromatic carbocycles. The molecule has 4 rings (SSSR count). The largest absolute Gasteiger partial charge is 0.465 e. The van der Waals surface area contributed by atoms with E-state index in [9.17, 15) is 19.2 Å². The van der Waals surface area contributed by atoms with Gasteiger partial charge in [0.1, 0.15) is 5.75 Å². The second-order valence-corrected chi connectivity index (χ2v) is 9.09. The maximum Gasteiger partial charge on any atom is 0.338 e. The quantitative estimate of drug-likeness (QED) is 0.363. The molecule has 10 heteroatoms. The van der Waals surface area contributed by atoms with Gasteiger partial charge in [0.15, 0.2) is 4.80 Å². The van der Waals surface area contributed by atoms with E-state index in [1.165, 1.54) is 29.9 Å². The fourth-order valence-electron chi connectivity index (χ4n) is 3.98. The van der Waals surface area contributed by atoms with E-state index in [-0.39, 0.29) is 17.7 Å². The molecule has 0 spiro atoms. The number of benzene rings is 2. The van der Waals surface area contributed by atoms with Gasteiger partial charge in [0.2, 0.25) is 0 Å². The highest BCUT2D eigenvalue weighted by molar-refractivity contribution is 7.07. The van der Waals surface area contributed by atoms with E-state index >= 15 is 0 Å². The van der Waals surface area contributed by atoms with Crippen molar-refractivity contribution in [3.8, 4) is 5.75 Å². The van der Waals surface area contributed by atoms with Gasteiger partial charge >= 0.3 is 17.9 Å². The van der Waals surface area contributed by atoms with Crippen LogP contribution in [0, 0.1) is 0 Å². The predicted octanol–water partition coefficient (Wildman–Crippen LogP) is 2.51. The third kappa shape index (κ3) is 5.29. The molecule has 0 saturated heterocycles. The number of hydrogen-bond acceptors (Lipinski definition) is 9. The highest BCUT2D eigenvalue weighted by Gasteiger charge is 2.33. The van der Waals surface area contributed by atoms with Crippen molar-refractivity contribution in [1.82, 2.24) is 4.57 Å². The molecular formula is C27H24N2O7S. The first kappa shape index (κ1) is 25.8. The second kappa shape index (κ2) is 10.8. The van der Waals surface area contributed by atoms with Gasteiger partial charge in [-0.15, -0.1) is 0 Å². The number of ether oxygens (including phenoxy) is 3. The molecule has 0 bridgehead atoms. The fourth-order valence-corrected chi connectivity index (χ4v) is 5.02. The van der Waals surface area contributed by atoms with Crippen LogP contribution < -0.4 is 19.6 Å². The van der Waals surface area contributed by atoms with Crippen LogP contribution in [0.25, 0.3) is 6.08 Å². The van der Waals surface area contributed by atoms with Crippen LogP contribution in [0.5, 0.6) is 5.75 Å². The van der Waals surface area contributed by atoms with E-state index in [1.54, 1.807) is 68.5 Å². The molecule has 0 unspecified atom stereocenters. The molecule has 9 nitrogen and oxygen atoms in total. The maximum atomic E-state index is 13.6. The lowest BCUT2D eigenvalue weighted by molar-refractivity contribution is -0.139. The van der Waals surface area contributed by atoms with Gasteiger partial charge in [0.05, 0.1) is 41.1 Å². The zero-order valence-electron chi connectivity index (χ0n) is 20.6. The molecule has 0 saturated carbocycles. The van der Waals surface area contributed by atoms with Crippen molar-refractivity contribution in [1.29, 1.82) is 0 Å². The number of nitrogens with zero attached hydrogens (tertiary/aromatic N) is 2. The Morgan fingerprint density at radius 1 is 1.05 bits per heavy atom. The average Bonchev–Trinajstić information content (AvgIpc) is 3.17. The zero-order valence-corrected chi connectivity index (χ0v) is 21.5. The molecule has 3 aromatic rings. The minimum absolute atomic E-state index is 0.166. The molecule has 1 aromatic heterocycles. The topological polar surface area (TPSA) is 113 Å². The van der Waals surface area contributed by atoms with Crippen molar-refractivity contribution in [3.63, 3.8) is 0 Å². The van der Waals surface area contributed by atoms with Gasteiger partial charge in [-0.2, -0.15) is 0 Å². The molecule has 1 aliphatic rings. The molecule has 2 heterocycles. The number of carbonyl (C=O) groups is 3. The third-order valence-electron chi connectivity index (χ3n) is 5.60. The van der Waals surface area contributed by atoms with E-state index < -0.39 is 23.9 Å². The molecule has 1 aliphatic heterocycles. The number of allylic oxidation sites excluding steroid dienone is 1. The average molecular weight is 521 g/mol. The smallest absolute Gasteiger partial charge is 0.338 e. The molecule has 190 valence electrons. The predicted molar refractivity (Wildman–Crippen MR) is 136 cm³/mol. The lowest BCUT2D eigenvalue weighted by Gasteiger charge is -2.24. The summed E-state index contributed by atoms with van der Waals surface area (Å²) in [5.41, 5.74) is 2.10. The normalized spacial score (nSPS) is 15.0. The summed E-state index contributed by atoms with van der Waals surface area (Å²) in [6.07, 6.45) is 1.70. The van der Waals surface area contributed by atoms with Gasteiger partial charge in [-0.25, -0.2) is 14.6 Å². The van der Waals surface area contributed by atoms with Crippen LogP contribution in [-0.4, -0.2) is 36.2 Å². The van der Waals surface area contributed by atoms with Crippen LogP contribution in [0.1, 0.15) is 48.3 Å². The van der Waals surface area contributed by atoms with E-state index in [0.29, 0.717) is 37.5 Å². The lowest BCUT2D eigenvalue weighted by atomic mass is 9.96. The minimum Gasteiger partial charge on any atom is -0.465 e. The Morgan fingerprint density at radius 2 is 1.73 bits per heavy atom. The van der Waals surface area contributed by atoms with Gasteiger partial charge in [0.25, 0.3) is 5.56 Å². The van der Waals surface area contributed by atoms with Crippen molar-refractivity contribution in [2.24, 2.45) is 4.99 Å². The van der Waals surface area contributed by atoms with Gasteiger partial charge in [0, 0.05) is 6.92 Å². The first-order valence-corrected chi connectivity index (χ1v) is 12.2. The Balaban J connectivity index is 1.85. The first-order chi connectivity index (χ1) is 17.7. The molecule has 1 atom stereocenters. The summed E-state index contributed by atoms with van der Waals surface area (Å²) in [7, 11) is 1.31. The lowest BCUT2D eigenvalue weighted by Crippen LogP contribution is -2.39. The number of carbonyl (C=O) groups excluding carboxylic acids is 3. The van der Waals surface area contributed by atoms with Crippen LogP contribution >= 0.6 is 11.3 Å². The van der Waals surface area contributed by atoms with E-state index in [1.807, 2.05) is 0 Å². The summed E-state index contributed by atoms with van der Waals surface area (Å²) >= 11 is 1.19. The van der Waals surface area contributed by atoms with Crippen molar-refractivity contribution in [2.45, 2.75) is 26.8 Å². The Hall–Kier alpha value is -4.31. The van der Waals surface area contributed by atoms with Crippen molar-refractivity contribution in [3.05, 3.63) is 96.2 Å². The zero-order chi connectivity index (χ0) is 26.7. The van der Waals surface area contributed by atoms with Crippen LogP contribution in [-0.2, 0) is 19.1 Å². The highest BCUT2D eigenvalue weighted by Crippen LogP contribution is 2.31. The van der Waals surface area contributed by atoms with Gasteiger partial charge in [-0.1, -0.05) is 35.6 Å². The Labute approximate surface area is 215 Å². The van der Waals surface area contributed by atoms with E-state index in [2.05, 4.69) is 4.99 Å². The number of methoxy groups -OCH3 is 1. The maximum absolute atomic E-state index is 13.6. The summed E-state index contributed by atoms with van der Waals surface area (Å²) < 4.78 is 17.0. The Kier molecular flexibility index (Phi) is 7.49. The van der Waals surface area contributed by atoms with Gasteiger partial charge in [-0.05, 0) is 55.3 Å². The molecule has 0 aliphatic carbocycles. The Bertz CT molecular complexity index is 1580. The highest BCUT2D eigenvalue weighted by atomic mass is 32.1. The molecule has 0 fully saturated rings. The SMILES string of the molecule is CCOC(=O)C1=C(C)N=c2s/c(=C\c3ccc(C(=O)OC)cc3)c(=O)n2[C@H]1c1ccc(OC(C)=O)cc1. The van der Waals surface area contributed by atoms with Crippen LogP contribution in [0.2, 0.25) is 0 Å².